The number of carboxylic acid groups (broad SMARTS) is 1. The zero-order valence-electron chi connectivity index (χ0n) is 15.0. The second kappa shape index (κ2) is 5.90. The topological polar surface area (TPSA) is 75.4 Å². The summed E-state index contributed by atoms with van der Waals surface area (Å²) < 4.78 is 1.97. The van der Waals surface area contributed by atoms with Crippen molar-refractivity contribution in [1.82, 2.24) is 14.7 Å². The highest BCUT2D eigenvalue weighted by Gasteiger charge is 2.36. The Kier molecular flexibility index (Phi) is 4.18. The Labute approximate surface area is 142 Å². The van der Waals surface area contributed by atoms with Gasteiger partial charge in [0.15, 0.2) is 5.69 Å². The molecule has 0 radical (unpaired) electrons. The van der Waals surface area contributed by atoms with Gasteiger partial charge in [-0.3, -0.25) is 14.3 Å². The summed E-state index contributed by atoms with van der Waals surface area (Å²) in [6.45, 7) is 9.14. The average molecular weight is 333 g/mol. The minimum Gasteiger partial charge on any atom is -0.481 e. The van der Waals surface area contributed by atoms with E-state index in [1.807, 2.05) is 17.7 Å². The number of carbonyl (C=O) groups excluding carboxylic acids is 1. The van der Waals surface area contributed by atoms with E-state index < -0.39 is 11.9 Å². The maximum absolute atomic E-state index is 12.9. The number of aliphatic carboxylic acids is 1. The van der Waals surface area contributed by atoms with Crippen LogP contribution in [0.5, 0.6) is 0 Å². The molecule has 2 aliphatic rings. The maximum atomic E-state index is 12.9. The van der Waals surface area contributed by atoms with Crippen LogP contribution in [0.2, 0.25) is 0 Å². The van der Waals surface area contributed by atoms with Crippen molar-refractivity contribution in [3.8, 4) is 0 Å². The minimum atomic E-state index is -0.821. The van der Waals surface area contributed by atoms with Crippen molar-refractivity contribution in [3.63, 3.8) is 0 Å². The second-order valence-electron chi connectivity index (χ2n) is 8.40. The summed E-state index contributed by atoms with van der Waals surface area (Å²) >= 11 is 0. The normalized spacial score (nSPS) is 24.9. The Morgan fingerprint density at radius 3 is 2.46 bits per heavy atom. The third-order valence-corrected chi connectivity index (χ3v) is 4.88. The Morgan fingerprint density at radius 1 is 1.25 bits per heavy atom. The number of hydrogen-bond acceptors (Lipinski definition) is 3. The molecular formula is C18H27N3O3. The third kappa shape index (κ3) is 3.32. The van der Waals surface area contributed by atoms with E-state index in [0.717, 1.165) is 18.5 Å². The Morgan fingerprint density at radius 2 is 1.92 bits per heavy atom. The summed E-state index contributed by atoms with van der Waals surface area (Å²) in [4.78, 5) is 25.9. The first-order valence-electron chi connectivity index (χ1n) is 8.79. The highest BCUT2D eigenvalue weighted by Crippen LogP contribution is 2.42. The Bertz CT molecular complexity index is 655. The summed E-state index contributed by atoms with van der Waals surface area (Å²) in [5.41, 5.74) is 1.41. The number of piperidine rings is 1. The summed E-state index contributed by atoms with van der Waals surface area (Å²) in [5.74, 6) is -0.747. The predicted molar refractivity (Wildman–Crippen MR) is 90.0 cm³/mol. The maximum Gasteiger partial charge on any atom is 0.308 e. The molecule has 0 aromatic carbocycles. The molecular weight excluding hydrogens is 306 g/mol. The lowest BCUT2D eigenvalue weighted by atomic mass is 9.90. The molecule has 1 saturated carbocycles. The molecule has 2 atom stereocenters. The van der Waals surface area contributed by atoms with Crippen molar-refractivity contribution < 1.29 is 14.7 Å². The molecule has 1 aromatic heterocycles. The molecule has 2 heterocycles. The van der Waals surface area contributed by atoms with Crippen molar-refractivity contribution in [2.24, 2.45) is 11.8 Å². The van der Waals surface area contributed by atoms with E-state index in [1.165, 1.54) is 0 Å². The van der Waals surface area contributed by atoms with Gasteiger partial charge in [-0.15, -0.1) is 0 Å². The molecule has 1 aliphatic carbocycles. The van der Waals surface area contributed by atoms with Gasteiger partial charge in [0, 0.05) is 24.7 Å². The van der Waals surface area contributed by atoms with E-state index in [0.29, 0.717) is 24.6 Å². The molecule has 6 heteroatoms. The average Bonchev–Trinajstić information content (AvgIpc) is 3.23. The molecule has 1 aromatic rings. The van der Waals surface area contributed by atoms with Crippen LogP contribution in [0.4, 0.5) is 0 Å². The SMILES string of the molecule is CC1CC(C(=O)O)CN(C(=O)c2cc(C3CC3)n(C(C)(C)C)n2)C1. The number of carboxylic acids is 1. The molecule has 132 valence electrons. The number of nitrogens with zero attached hydrogens (tertiary/aromatic N) is 3. The highest BCUT2D eigenvalue weighted by molar-refractivity contribution is 5.93. The van der Waals surface area contributed by atoms with Gasteiger partial charge in [0.25, 0.3) is 5.91 Å². The zero-order valence-corrected chi connectivity index (χ0v) is 15.0. The molecule has 2 fully saturated rings. The van der Waals surface area contributed by atoms with Gasteiger partial charge in [0.1, 0.15) is 0 Å². The summed E-state index contributed by atoms with van der Waals surface area (Å²) in [6.07, 6.45) is 2.93. The third-order valence-electron chi connectivity index (χ3n) is 4.88. The molecule has 2 unspecified atom stereocenters. The molecule has 1 amide bonds. The van der Waals surface area contributed by atoms with Crippen LogP contribution >= 0.6 is 0 Å². The van der Waals surface area contributed by atoms with E-state index in [9.17, 15) is 14.7 Å². The molecule has 24 heavy (non-hydrogen) atoms. The Hall–Kier alpha value is -1.85. The van der Waals surface area contributed by atoms with Crippen molar-refractivity contribution in [3.05, 3.63) is 17.5 Å². The number of amides is 1. The number of aromatic nitrogens is 2. The number of carbonyl (C=O) groups is 2. The van der Waals surface area contributed by atoms with E-state index in [-0.39, 0.29) is 23.9 Å². The minimum absolute atomic E-state index is 0.141. The molecule has 1 saturated heterocycles. The van der Waals surface area contributed by atoms with Crippen LogP contribution in [0.15, 0.2) is 6.07 Å². The van der Waals surface area contributed by atoms with Gasteiger partial charge in [-0.1, -0.05) is 6.92 Å². The zero-order chi connectivity index (χ0) is 17.6. The lowest BCUT2D eigenvalue weighted by Crippen LogP contribution is -2.45. The van der Waals surface area contributed by atoms with Gasteiger partial charge in [-0.2, -0.15) is 5.10 Å². The molecule has 1 aliphatic heterocycles. The molecule has 0 spiro atoms. The first-order valence-corrected chi connectivity index (χ1v) is 8.79. The first-order chi connectivity index (χ1) is 11.2. The largest absolute Gasteiger partial charge is 0.481 e. The highest BCUT2D eigenvalue weighted by atomic mass is 16.4. The molecule has 1 N–H and O–H groups in total. The van der Waals surface area contributed by atoms with Crippen molar-refractivity contribution in [2.75, 3.05) is 13.1 Å². The fraction of sp³-hybridized carbons (Fsp3) is 0.722. The van der Waals surface area contributed by atoms with Crippen LogP contribution in [0, 0.1) is 11.8 Å². The quantitative estimate of drug-likeness (QED) is 0.923. The van der Waals surface area contributed by atoms with Gasteiger partial charge in [-0.25, -0.2) is 0 Å². The fourth-order valence-electron chi connectivity index (χ4n) is 3.57. The van der Waals surface area contributed by atoms with Crippen LogP contribution in [-0.2, 0) is 10.3 Å². The Balaban J connectivity index is 1.86. The van der Waals surface area contributed by atoms with Crippen LogP contribution < -0.4 is 0 Å². The molecule has 6 nitrogen and oxygen atoms in total. The van der Waals surface area contributed by atoms with Crippen LogP contribution in [0.3, 0.4) is 0 Å². The predicted octanol–water partition coefficient (Wildman–Crippen LogP) is 2.70. The number of hydrogen-bond donors (Lipinski definition) is 1. The van der Waals surface area contributed by atoms with Gasteiger partial charge < -0.3 is 10.0 Å². The smallest absolute Gasteiger partial charge is 0.308 e. The monoisotopic (exact) mass is 333 g/mol. The summed E-state index contributed by atoms with van der Waals surface area (Å²) in [6, 6.07) is 1.92. The summed E-state index contributed by atoms with van der Waals surface area (Å²) in [5, 5.41) is 13.9. The van der Waals surface area contributed by atoms with Gasteiger partial charge in [0.2, 0.25) is 0 Å². The van der Waals surface area contributed by atoms with E-state index in [1.54, 1.807) is 4.90 Å². The van der Waals surface area contributed by atoms with Crippen LogP contribution in [0.1, 0.15) is 69.1 Å². The molecule has 3 rings (SSSR count). The van der Waals surface area contributed by atoms with Crippen molar-refractivity contribution in [1.29, 1.82) is 0 Å². The second-order valence-corrected chi connectivity index (χ2v) is 8.40. The van der Waals surface area contributed by atoms with E-state index in [4.69, 9.17) is 0 Å². The van der Waals surface area contributed by atoms with Gasteiger partial charge in [-0.05, 0) is 52.0 Å². The van der Waals surface area contributed by atoms with E-state index >= 15 is 0 Å². The summed E-state index contributed by atoms with van der Waals surface area (Å²) in [7, 11) is 0. The van der Waals surface area contributed by atoms with Gasteiger partial charge in [0.05, 0.1) is 11.5 Å². The van der Waals surface area contributed by atoms with Crippen LogP contribution in [0.25, 0.3) is 0 Å². The standard InChI is InChI=1S/C18H27N3O3/c1-11-7-13(17(23)24)10-20(9-11)16(22)14-8-15(12-5-6-12)21(19-14)18(2,3)4/h8,11-13H,5-7,9-10H2,1-4H3,(H,23,24). The lowest BCUT2D eigenvalue weighted by molar-refractivity contribution is -0.143. The number of rotatable bonds is 3. The van der Waals surface area contributed by atoms with Crippen molar-refractivity contribution in [2.45, 2.75) is 58.4 Å². The van der Waals surface area contributed by atoms with Crippen LogP contribution in [-0.4, -0.2) is 44.8 Å². The first kappa shape index (κ1) is 17.0. The van der Waals surface area contributed by atoms with E-state index in [2.05, 4.69) is 25.9 Å². The number of likely N-dealkylation sites (tertiary alicyclic amines) is 1. The fourth-order valence-corrected chi connectivity index (χ4v) is 3.57. The van der Waals surface area contributed by atoms with Gasteiger partial charge >= 0.3 is 5.97 Å². The molecule has 0 bridgehead atoms. The lowest BCUT2D eigenvalue weighted by Gasteiger charge is -2.34. The van der Waals surface area contributed by atoms with Crippen molar-refractivity contribution >= 4 is 11.9 Å².